The fourth-order valence-corrected chi connectivity index (χ4v) is 3.34. The number of ether oxygens (including phenoxy) is 1. The third kappa shape index (κ3) is 3.58. The fraction of sp³-hybridized carbons (Fsp3) is 0.0833. The Hall–Kier alpha value is -3.66. The molecule has 0 aliphatic carbocycles. The number of carbonyl (C=O) groups is 1. The maximum atomic E-state index is 12.8. The summed E-state index contributed by atoms with van der Waals surface area (Å²) in [7, 11) is 0. The number of carbonyl (C=O) groups excluding carboxylic acids is 1. The molecular weight excluding hydrogens is 352 g/mol. The van der Waals surface area contributed by atoms with Crippen LogP contribution in [-0.2, 0) is 11.2 Å². The second-order valence-corrected chi connectivity index (χ2v) is 6.52. The minimum atomic E-state index is -0.356. The maximum Gasteiger partial charge on any atom is 0.344 e. The van der Waals surface area contributed by atoms with Gasteiger partial charge in [-0.2, -0.15) is 0 Å². The van der Waals surface area contributed by atoms with Crippen LogP contribution < -0.4 is 10.4 Å². The van der Waals surface area contributed by atoms with Crippen molar-refractivity contribution in [2.24, 2.45) is 0 Å². The predicted octanol–water partition coefficient (Wildman–Crippen LogP) is 4.98. The van der Waals surface area contributed by atoms with Gasteiger partial charge >= 0.3 is 11.6 Å². The van der Waals surface area contributed by atoms with Gasteiger partial charge in [-0.15, -0.1) is 0 Å². The Balaban J connectivity index is 1.85. The third-order valence-electron chi connectivity index (χ3n) is 4.55. The van der Waals surface area contributed by atoms with Crippen molar-refractivity contribution in [2.45, 2.75) is 13.3 Å². The zero-order valence-corrected chi connectivity index (χ0v) is 15.3. The fourth-order valence-electron chi connectivity index (χ4n) is 3.34. The molecule has 3 aromatic carbocycles. The highest BCUT2D eigenvalue weighted by molar-refractivity contribution is 5.87. The zero-order valence-electron chi connectivity index (χ0n) is 15.3. The van der Waals surface area contributed by atoms with Gasteiger partial charge in [-0.25, -0.2) is 4.79 Å². The van der Waals surface area contributed by atoms with Crippen LogP contribution in [-0.4, -0.2) is 5.97 Å². The summed E-state index contributed by atoms with van der Waals surface area (Å²) in [6, 6.07) is 24.4. The highest BCUT2D eigenvalue weighted by Crippen LogP contribution is 2.29. The van der Waals surface area contributed by atoms with Gasteiger partial charge in [-0.3, -0.25) is 4.79 Å². The zero-order chi connectivity index (χ0) is 19.5. The normalized spacial score (nSPS) is 10.8. The predicted molar refractivity (Wildman–Crippen MR) is 108 cm³/mol. The van der Waals surface area contributed by atoms with E-state index in [4.69, 9.17) is 9.15 Å². The number of fused-ring (bicyclic) bond motifs is 1. The van der Waals surface area contributed by atoms with Gasteiger partial charge in [-0.05, 0) is 41.3 Å². The van der Waals surface area contributed by atoms with Crippen LogP contribution in [0.2, 0.25) is 0 Å². The molecule has 0 saturated heterocycles. The van der Waals surface area contributed by atoms with Crippen molar-refractivity contribution in [3.63, 3.8) is 0 Å². The topological polar surface area (TPSA) is 56.5 Å². The van der Waals surface area contributed by atoms with E-state index in [1.54, 1.807) is 18.2 Å². The van der Waals surface area contributed by atoms with Crippen molar-refractivity contribution >= 4 is 16.9 Å². The summed E-state index contributed by atoms with van der Waals surface area (Å²) in [4.78, 5) is 23.9. The van der Waals surface area contributed by atoms with Gasteiger partial charge in [0.2, 0.25) is 0 Å². The average Bonchev–Trinajstić information content (AvgIpc) is 2.70. The van der Waals surface area contributed by atoms with Crippen LogP contribution in [0.1, 0.15) is 18.1 Å². The van der Waals surface area contributed by atoms with E-state index in [1.165, 1.54) is 6.92 Å². The molecule has 0 radical (unpaired) electrons. The molecule has 1 aromatic heterocycles. The molecule has 0 bridgehead atoms. The van der Waals surface area contributed by atoms with Gasteiger partial charge in [0, 0.05) is 12.3 Å². The lowest BCUT2D eigenvalue weighted by Crippen LogP contribution is -2.08. The molecule has 4 heteroatoms. The number of esters is 1. The van der Waals surface area contributed by atoms with E-state index >= 15 is 0 Å². The summed E-state index contributed by atoms with van der Waals surface area (Å²) in [5.74, 6) is 0.141. The van der Waals surface area contributed by atoms with Gasteiger partial charge in [0.25, 0.3) is 0 Å². The van der Waals surface area contributed by atoms with Crippen molar-refractivity contribution in [1.29, 1.82) is 0 Å². The van der Waals surface area contributed by atoms with E-state index in [-0.39, 0.29) is 11.6 Å². The lowest BCUT2D eigenvalue weighted by atomic mass is 9.93. The molecule has 0 fully saturated rings. The molecule has 0 aliphatic rings. The lowest BCUT2D eigenvalue weighted by molar-refractivity contribution is -0.131. The maximum absolute atomic E-state index is 12.8. The summed E-state index contributed by atoms with van der Waals surface area (Å²) in [5.41, 5.74) is 3.54. The summed E-state index contributed by atoms with van der Waals surface area (Å²) in [6.45, 7) is 1.37. The molecule has 4 nitrogen and oxygen atoms in total. The van der Waals surface area contributed by atoms with E-state index in [0.717, 1.165) is 22.1 Å². The van der Waals surface area contributed by atoms with Gasteiger partial charge < -0.3 is 9.15 Å². The number of rotatable bonds is 4. The lowest BCUT2D eigenvalue weighted by Gasteiger charge is -2.12. The van der Waals surface area contributed by atoms with Crippen molar-refractivity contribution in [1.82, 2.24) is 0 Å². The van der Waals surface area contributed by atoms with E-state index in [1.807, 2.05) is 60.7 Å². The highest BCUT2D eigenvalue weighted by Gasteiger charge is 2.16. The van der Waals surface area contributed by atoms with Crippen molar-refractivity contribution in [2.75, 3.05) is 0 Å². The Labute approximate surface area is 162 Å². The van der Waals surface area contributed by atoms with Crippen molar-refractivity contribution in [3.8, 4) is 16.9 Å². The quantitative estimate of drug-likeness (QED) is 0.289. The molecule has 1 heterocycles. The standard InChI is InChI=1S/C24H18O4/c1-16(25)27-19-13-11-17(12-14-19)15-21-20-9-5-6-10-22(20)28-24(26)23(21)18-7-3-2-4-8-18/h2-14H,15H2,1H3. The minimum Gasteiger partial charge on any atom is -0.427 e. The third-order valence-corrected chi connectivity index (χ3v) is 4.55. The smallest absolute Gasteiger partial charge is 0.344 e. The second kappa shape index (κ2) is 7.53. The van der Waals surface area contributed by atoms with Crippen LogP contribution >= 0.6 is 0 Å². The van der Waals surface area contributed by atoms with Crippen LogP contribution in [0, 0.1) is 0 Å². The Bertz CT molecular complexity index is 1190. The first-order valence-electron chi connectivity index (χ1n) is 8.99. The Morgan fingerprint density at radius 2 is 1.57 bits per heavy atom. The molecule has 0 N–H and O–H groups in total. The average molecular weight is 370 g/mol. The van der Waals surface area contributed by atoms with Gasteiger partial charge in [0.1, 0.15) is 11.3 Å². The number of benzene rings is 3. The molecule has 0 saturated carbocycles. The van der Waals surface area contributed by atoms with Crippen LogP contribution in [0.4, 0.5) is 0 Å². The monoisotopic (exact) mass is 370 g/mol. The second-order valence-electron chi connectivity index (χ2n) is 6.52. The summed E-state index contributed by atoms with van der Waals surface area (Å²) >= 11 is 0. The van der Waals surface area contributed by atoms with Gasteiger partial charge in [0.15, 0.2) is 0 Å². The molecule has 4 aromatic rings. The summed E-state index contributed by atoms with van der Waals surface area (Å²) < 4.78 is 10.7. The van der Waals surface area contributed by atoms with Crippen molar-refractivity contribution in [3.05, 3.63) is 100 Å². The van der Waals surface area contributed by atoms with Crippen LogP contribution in [0.3, 0.4) is 0 Å². The number of hydrogen-bond donors (Lipinski definition) is 0. The molecule has 0 unspecified atom stereocenters. The van der Waals surface area contributed by atoms with E-state index < -0.39 is 0 Å². The first-order chi connectivity index (χ1) is 13.6. The molecule has 0 amide bonds. The van der Waals surface area contributed by atoms with Gasteiger partial charge in [0.05, 0.1) is 5.56 Å². The SMILES string of the molecule is CC(=O)Oc1ccc(Cc2c(-c3ccccc3)c(=O)oc3ccccc23)cc1. The Morgan fingerprint density at radius 3 is 2.29 bits per heavy atom. The number of para-hydroxylation sites is 1. The first-order valence-corrected chi connectivity index (χ1v) is 8.99. The van der Waals surface area contributed by atoms with E-state index in [2.05, 4.69) is 0 Å². The molecule has 0 aliphatic heterocycles. The molecule has 4 rings (SSSR count). The van der Waals surface area contributed by atoms with Crippen LogP contribution in [0.5, 0.6) is 5.75 Å². The Morgan fingerprint density at radius 1 is 0.893 bits per heavy atom. The molecule has 0 atom stereocenters. The van der Waals surface area contributed by atoms with E-state index in [0.29, 0.717) is 23.3 Å². The number of hydrogen-bond acceptors (Lipinski definition) is 4. The highest BCUT2D eigenvalue weighted by atomic mass is 16.5. The van der Waals surface area contributed by atoms with Gasteiger partial charge in [-0.1, -0.05) is 60.7 Å². The minimum absolute atomic E-state index is 0.351. The molecular formula is C24H18O4. The molecule has 0 spiro atoms. The summed E-state index contributed by atoms with van der Waals surface area (Å²) in [5, 5.41) is 0.907. The Kier molecular flexibility index (Phi) is 4.77. The summed E-state index contributed by atoms with van der Waals surface area (Å²) in [6.07, 6.45) is 0.552. The van der Waals surface area contributed by atoms with Crippen LogP contribution in [0.25, 0.3) is 22.1 Å². The van der Waals surface area contributed by atoms with E-state index in [9.17, 15) is 9.59 Å². The molecule has 28 heavy (non-hydrogen) atoms. The first kappa shape index (κ1) is 17.7. The largest absolute Gasteiger partial charge is 0.427 e. The molecule has 138 valence electrons. The van der Waals surface area contributed by atoms with Crippen molar-refractivity contribution < 1.29 is 13.9 Å². The van der Waals surface area contributed by atoms with Crippen LogP contribution in [0.15, 0.2) is 88.1 Å².